The average Bonchev–Trinajstić information content (AvgIpc) is 3.20. The van der Waals surface area contributed by atoms with Crippen LogP contribution in [0, 0.1) is 6.92 Å². The molecular weight excluding hydrogens is 456 g/mol. The van der Waals surface area contributed by atoms with Gasteiger partial charge in [0, 0.05) is 24.8 Å². The van der Waals surface area contributed by atoms with Crippen LogP contribution < -0.4 is 10.2 Å². The number of carboxylic acid groups (broad SMARTS) is 1. The smallest absolute Gasteiger partial charge is 0.435 e. The van der Waals surface area contributed by atoms with E-state index in [0.29, 0.717) is 43.0 Å². The molecule has 13 heteroatoms. The fourth-order valence-corrected chi connectivity index (χ4v) is 4.37. The Morgan fingerprint density at radius 3 is 2.34 bits per heavy atom. The number of nitrogens with one attached hydrogen (secondary N) is 2. The minimum absolute atomic E-state index is 0.00526. The molecule has 0 atom stereocenters. The lowest BCUT2D eigenvalue weighted by Crippen LogP contribution is -2.44. The molecule has 1 aliphatic heterocycles. The number of carbonyl (C=O) groups is 2. The van der Waals surface area contributed by atoms with Crippen molar-refractivity contribution in [2.24, 2.45) is 0 Å². The van der Waals surface area contributed by atoms with Gasteiger partial charge in [0.15, 0.2) is 10.8 Å². The van der Waals surface area contributed by atoms with Crippen molar-refractivity contribution in [3.63, 3.8) is 0 Å². The minimum atomic E-state index is -4.84. The van der Waals surface area contributed by atoms with Crippen molar-refractivity contribution in [2.45, 2.75) is 32.0 Å². The van der Waals surface area contributed by atoms with E-state index >= 15 is 0 Å². The third kappa shape index (κ3) is 4.46. The number of aryl methyl sites for hydroxylation is 1. The lowest BCUT2D eigenvalue weighted by Gasteiger charge is -2.32. The Bertz CT molecular complexity index is 952. The highest BCUT2D eigenvalue weighted by Gasteiger charge is 2.40. The number of aromatic amines is 1. The topological polar surface area (TPSA) is 98.3 Å². The standard InChI is InChI=1S/C16H15Cl2F3N4O3S/c1-6-8(17)9(18)10(22-6)13(26)23-7-2-4-25(5-3-7)15-24-12(16(19,20)21)11(29-15)14(27)28/h7,22H,2-5H2,1H3,(H,23,26)(H,27,28). The van der Waals surface area contributed by atoms with Gasteiger partial charge < -0.3 is 20.3 Å². The number of nitrogens with zero attached hydrogens (tertiary/aromatic N) is 2. The molecule has 7 nitrogen and oxygen atoms in total. The number of piperidine rings is 1. The fraction of sp³-hybridized carbons (Fsp3) is 0.438. The highest BCUT2D eigenvalue weighted by molar-refractivity contribution is 7.17. The number of carboxylic acids is 1. The number of halogens is 5. The first kappa shape index (κ1) is 21.7. The Labute approximate surface area is 176 Å². The molecule has 0 saturated carbocycles. The first-order chi connectivity index (χ1) is 13.5. The third-order valence-electron chi connectivity index (χ3n) is 4.46. The van der Waals surface area contributed by atoms with Gasteiger partial charge in [0.25, 0.3) is 5.91 Å². The van der Waals surface area contributed by atoms with Crippen LogP contribution in [0.15, 0.2) is 0 Å². The number of aromatic carboxylic acids is 1. The van der Waals surface area contributed by atoms with Crippen molar-refractivity contribution in [3.8, 4) is 0 Å². The van der Waals surface area contributed by atoms with Gasteiger partial charge in [-0.2, -0.15) is 13.2 Å². The molecule has 2 aromatic rings. The summed E-state index contributed by atoms with van der Waals surface area (Å²) in [7, 11) is 0. The fourth-order valence-electron chi connectivity index (χ4n) is 2.98. The van der Waals surface area contributed by atoms with E-state index in [9.17, 15) is 22.8 Å². The zero-order valence-electron chi connectivity index (χ0n) is 14.9. The van der Waals surface area contributed by atoms with E-state index in [4.69, 9.17) is 28.3 Å². The van der Waals surface area contributed by atoms with Gasteiger partial charge in [-0.05, 0) is 19.8 Å². The molecule has 158 valence electrons. The largest absolute Gasteiger partial charge is 0.477 e. The first-order valence-corrected chi connectivity index (χ1v) is 9.97. The summed E-state index contributed by atoms with van der Waals surface area (Å²) in [5.41, 5.74) is -0.679. The monoisotopic (exact) mass is 470 g/mol. The Balaban J connectivity index is 1.66. The summed E-state index contributed by atoms with van der Waals surface area (Å²) in [6.07, 6.45) is -3.95. The normalized spacial score (nSPS) is 15.6. The van der Waals surface area contributed by atoms with Gasteiger partial charge >= 0.3 is 12.1 Å². The average molecular weight is 471 g/mol. The van der Waals surface area contributed by atoms with E-state index in [2.05, 4.69) is 15.3 Å². The van der Waals surface area contributed by atoms with Crippen LogP contribution in [0.5, 0.6) is 0 Å². The predicted molar refractivity (Wildman–Crippen MR) is 102 cm³/mol. The first-order valence-electron chi connectivity index (χ1n) is 8.39. The van der Waals surface area contributed by atoms with Crippen LogP contribution in [0.3, 0.4) is 0 Å². The summed E-state index contributed by atoms with van der Waals surface area (Å²) in [5, 5.41) is 12.2. The van der Waals surface area contributed by atoms with E-state index < -0.39 is 28.6 Å². The second-order valence-electron chi connectivity index (χ2n) is 6.46. The minimum Gasteiger partial charge on any atom is -0.477 e. The molecular formula is C16H15Cl2F3N4O3S. The summed E-state index contributed by atoms with van der Waals surface area (Å²) >= 11 is 12.5. The molecule has 3 rings (SSSR count). The summed E-state index contributed by atoms with van der Waals surface area (Å²) in [6.45, 7) is 2.30. The molecule has 2 aromatic heterocycles. The summed E-state index contributed by atoms with van der Waals surface area (Å²) in [4.78, 5) is 30.5. The van der Waals surface area contributed by atoms with Crippen LogP contribution in [-0.2, 0) is 6.18 Å². The maximum absolute atomic E-state index is 13.0. The lowest BCUT2D eigenvalue weighted by molar-refractivity contribution is -0.141. The Morgan fingerprint density at radius 2 is 1.90 bits per heavy atom. The maximum Gasteiger partial charge on any atom is 0.435 e. The van der Waals surface area contributed by atoms with Gasteiger partial charge in [0.05, 0.1) is 10.0 Å². The van der Waals surface area contributed by atoms with Crippen molar-refractivity contribution < 1.29 is 27.9 Å². The third-order valence-corrected chi connectivity index (χ3v) is 6.51. The van der Waals surface area contributed by atoms with Gasteiger partial charge in [0.1, 0.15) is 10.6 Å². The van der Waals surface area contributed by atoms with Crippen molar-refractivity contribution in [1.82, 2.24) is 15.3 Å². The molecule has 0 spiro atoms. The van der Waals surface area contributed by atoms with Gasteiger partial charge in [-0.3, -0.25) is 4.79 Å². The van der Waals surface area contributed by atoms with Crippen molar-refractivity contribution in [2.75, 3.05) is 18.0 Å². The number of hydrogen-bond acceptors (Lipinski definition) is 5. The second kappa shape index (κ2) is 8.04. The van der Waals surface area contributed by atoms with E-state index in [1.165, 1.54) is 0 Å². The van der Waals surface area contributed by atoms with Gasteiger partial charge in [0.2, 0.25) is 0 Å². The SMILES string of the molecule is Cc1[nH]c(C(=O)NC2CCN(c3nc(C(F)(F)F)c(C(=O)O)s3)CC2)c(Cl)c1Cl. The highest BCUT2D eigenvalue weighted by Crippen LogP contribution is 2.38. The molecule has 29 heavy (non-hydrogen) atoms. The highest BCUT2D eigenvalue weighted by atomic mass is 35.5. The number of anilines is 1. The number of thiazole rings is 1. The Kier molecular flexibility index (Phi) is 6.02. The molecule has 1 fully saturated rings. The number of alkyl halides is 3. The number of aromatic nitrogens is 2. The van der Waals surface area contributed by atoms with E-state index in [0.717, 1.165) is 0 Å². The number of carbonyl (C=O) groups excluding carboxylic acids is 1. The van der Waals surface area contributed by atoms with Crippen LogP contribution in [0.4, 0.5) is 18.3 Å². The number of hydrogen-bond donors (Lipinski definition) is 3. The van der Waals surface area contributed by atoms with Gasteiger partial charge in [-0.15, -0.1) is 0 Å². The van der Waals surface area contributed by atoms with Crippen molar-refractivity contribution in [3.05, 3.63) is 32.0 Å². The molecule has 1 aliphatic rings. The predicted octanol–water partition coefficient (Wildman–Crippen LogP) is 4.20. The van der Waals surface area contributed by atoms with Crippen molar-refractivity contribution >= 4 is 51.5 Å². The molecule has 3 N–H and O–H groups in total. The van der Waals surface area contributed by atoms with Crippen LogP contribution in [-0.4, -0.2) is 46.1 Å². The Morgan fingerprint density at radius 1 is 1.28 bits per heavy atom. The molecule has 0 bridgehead atoms. The molecule has 1 amide bonds. The number of rotatable bonds is 4. The zero-order chi connectivity index (χ0) is 21.5. The molecule has 0 radical (unpaired) electrons. The molecule has 3 heterocycles. The summed E-state index contributed by atoms with van der Waals surface area (Å²) in [6, 6.07) is -0.224. The maximum atomic E-state index is 13.0. The molecule has 0 aliphatic carbocycles. The van der Waals surface area contributed by atoms with E-state index in [1.807, 2.05) is 0 Å². The molecule has 1 saturated heterocycles. The van der Waals surface area contributed by atoms with Crippen LogP contribution in [0.1, 0.15) is 44.4 Å². The summed E-state index contributed by atoms with van der Waals surface area (Å²) in [5.74, 6) is -2.09. The van der Waals surface area contributed by atoms with Crippen LogP contribution >= 0.6 is 34.5 Å². The lowest BCUT2D eigenvalue weighted by atomic mass is 10.1. The van der Waals surface area contributed by atoms with Crippen LogP contribution in [0.2, 0.25) is 10.0 Å². The van der Waals surface area contributed by atoms with Crippen LogP contribution in [0.25, 0.3) is 0 Å². The second-order valence-corrected chi connectivity index (χ2v) is 8.20. The quantitative estimate of drug-likeness (QED) is 0.621. The summed E-state index contributed by atoms with van der Waals surface area (Å²) < 4.78 is 39.0. The van der Waals surface area contributed by atoms with Gasteiger partial charge in [-0.1, -0.05) is 34.5 Å². The zero-order valence-corrected chi connectivity index (χ0v) is 17.2. The van der Waals surface area contributed by atoms with E-state index in [-0.39, 0.29) is 26.9 Å². The molecule has 0 aromatic carbocycles. The number of amides is 1. The Hall–Kier alpha value is -1.98. The van der Waals surface area contributed by atoms with Crippen molar-refractivity contribution in [1.29, 1.82) is 0 Å². The molecule has 0 unspecified atom stereocenters. The van der Waals surface area contributed by atoms with E-state index in [1.54, 1.807) is 11.8 Å². The van der Waals surface area contributed by atoms with Gasteiger partial charge in [-0.25, -0.2) is 9.78 Å². The number of H-pyrrole nitrogens is 1.